The van der Waals surface area contributed by atoms with Crippen LogP contribution in [0.1, 0.15) is 38.8 Å². The summed E-state index contributed by atoms with van der Waals surface area (Å²) >= 11 is 5.91. The highest BCUT2D eigenvalue weighted by Crippen LogP contribution is 2.24. The maximum atomic E-state index is 5.91. The third-order valence-corrected chi connectivity index (χ3v) is 4.43. The van der Waals surface area contributed by atoms with E-state index >= 15 is 0 Å². The van der Waals surface area contributed by atoms with Crippen molar-refractivity contribution >= 4 is 17.3 Å². The number of aryl methyl sites for hydroxylation is 1. The monoisotopic (exact) mass is 295 g/mol. The minimum absolute atomic E-state index is 0.469. The van der Waals surface area contributed by atoms with Gasteiger partial charge in [-0.2, -0.15) is 0 Å². The van der Waals surface area contributed by atoms with Gasteiger partial charge in [0.1, 0.15) is 5.15 Å². The van der Waals surface area contributed by atoms with Gasteiger partial charge in [0.15, 0.2) is 0 Å². The van der Waals surface area contributed by atoms with E-state index in [0.717, 1.165) is 11.4 Å². The Morgan fingerprint density at radius 2 is 2.30 bits per heavy atom. The maximum Gasteiger partial charge on any atom is 0.129 e. The number of halogens is 1. The van der Waals surface area contributed by atoms with Crippen LogP contribution in [-0.4, -0.2) is 35.6 Å². The molecule has 20 heavy (non-hydrogen) atoms. The van der Waals surface area contributed by atoms with E-state index in [9.17, 15) is 0 Å². The molecule has 1 aliphatic rings. The Morgan fingerprint density at radius 1 is 1.50 bits per heavy atom. The predicted molar refractivity (Wildman–Crippen MR) is 86.5 cm³/mol. The highest BCUT2D eigenvalue weighted by molar-refractivity contribution is 6.29. The maximum absolute atomic E-state index is 5.91. The molecule has 3 nitrogen and oxygen atoms in total. The fourth-order valence-corrected chi connectivity index (χ4v) is 3.25. The van der Waals surface area contributed by atoms with Gasteiger partial charge in [0.2, 0.25) is 0 Å². The van der Waals surface area contributed by atoms with Crippen molar-refractivity contribution in [2.75, 3.05) is 25.0 Å². The molecule has 4 heteroatoms. The predicted octanol–water partition coefficient (Wildman–Crippen LogP) is 3.97. The van der Waals surface area contributed by atoms with Crippen LogP contribution in [0.25, 0.3) is 0 Å². The van der Waals surface area contributed by atoms with Crippen molar-refractivity contribution in [1.82, 2.24) is 9.88 Å². The molecular weight excluding hydrogens is 270 g/mol. The van der Waals surface area contributed by atoms with Crippen molar-refractivity contribution in [3.63, 3.8) is 0 Å². The molecule has 0 amide bonds. The van der Waals surface area contributed by atoms with Crippen LogP contribution in [0.3, 0.4) is 0 Å². The van der Waals surface area contributed by atoms with Crippen LogP contribution in [0.5, 0.6) is 0 Å². The number of hydrogen-bond donors (Lipinski definition) is 1. The molecule has 0 aromatic carbocycles. The molecule has 112 valence electrons. The Hall–Kier alpha value is -0.800. The number of rotatable bonds is 5. The molecule has 0 spiro atoms. The zero-order chi connectivity index (χ0) is 14.5. The molecule has 0 bridgehead atoms. The van der Waals surface area contributed by atoms with Gasteiger partial charge < -0.3 is 10.2 Å². The molecule has 2 unspecified atom stereocenters. The highest BCUT2D eigenvalue weighted by atomic mass is 35.5. The van der Waals surface area contributed by atoms with Crippen LogP contribution >= 0.6 is 11.6 Å². The third kappa shape index (κ3) is 4.10. The number of anilines is 1. The standard InChI is InChI=1S/C16H26ClN3/c1-4-9-20-10-5-6-14(11-20)12(2)18-15-7-8-16(17)19-13(15)3/h7-8,12,14,18H,4-6,9-11H2,1-3H3. The van der Waals surface area contributed by atoms with E-state index < -0.39 is 0 Å². The molecule has 1 aliphatic heterocycles. The molecule has 2 rings (SSSR count). The second kappa shape index (κ2) is 7.28. The quantitative estimate of drug-likeness (QED) is 0.833. The SMILES string of the molecule is CCCN1CCCC(C(C)Nc2ccc(Cl)nc2C)C1. The van der Waals surface area contributed by atoms with E-state index in [1.54, 1.807) is 0 Å². The van der Waals surface area contributed by atoms with E-state index in [4.69, 9.17) is 11.6 Å². The lowest BCUT2D eigenvalue weighted by atomic mass is 9.91. The van der Waals surface area contributed by atoms with Gasteiger partial charge in [-0.15, -0.1) is 0 Å². The number of pyridine rings is 1. The summed E-state index contributed by atoms with van der Waals surface area (Å²) in [4.78, 5) is 6.91. The lowest BCUT2D eigenvalue weighted by Crippen LogP contribution is -2.42. The lowest BCUT2D eigenvalue weighted by Gasteiger charge is -2.36. The molecular formula is C16H26ClN3. The van der Waals surface area contributed by atoms with Crippen molar-refractivity contribution in [3.05, 3.63) is 23.0 Å². The minimum Gasteiger partial charge on any atom is -0.381 e. The second-order valence-corrected chi connectivity index (χ2v) is 6.29. The van der Waals surface area contributed by atoms with Crippen LogP contribution < -0.4 is 5.32 Å². The van der Waals surface area contributed by atoms with E-state index in [0.29, 0.717) is 17.1 Å². The summed E-state index contributed by atoms with van der Waals surface area (Å²) < 4.78 is 0. The molecule has 1 fully saturated rings. The van der Waals surface area contributed by atoms with Gasteiger partial charge in [0.25, 0.3) is 0 Å². The van der Waals surface area contributed by atoms with Gasteiger partial charge in [0.05, 0.1) is 11.4 Å². The van der Waals surface area contributed by atoms with Crippen molar-refractivity contribution in [2.45, 2.75) is 46.1 Å². The Bertz CT molecular complexity index is 434. The smallest absolute Gasteiger partial charge is 0.129 e. The van der Waals surface area contributed by atoms with Gasteiger partial charge in [0, 0.05) is 12.6 Å². The van der Waals surface area contributed by atoms with Crippen LogP contribution in [0, 0.1) is 12.8 Å². The van der Waals surface area contributed by atoms with Crippen LogP contribution in [-0.2, 0) is 0 Å². The summed E-state index contributed by atoms with van der Waals surface area (Å²) in [6, 6.07) is 4.36. The second-order valence-electron chi connectivity index (χ2n) is 5.90. The fourth-order valence-electron chi connectivity index (χ4n) is 3.06. The zero-order valence-corrected chi connectivity index (χ0v) is 13.6. The van der Waals surface area contributed by atoms with Crippen molar-refractivity contribution < 1.29 is 0 Å². The molecule has 2 heterocycles. The van der Waals surface area contributed by atoms with E-state index in [1.807, 2.05) is 19.1 Å². The number of likely N-dealkylation sites (tertiary alicyclic amines) is 1. The number of aromatic nitrogens is 1. The molecule has 1 saturated heterocycles. The first-order valence-electron chi connectivity index (χ1n) is 7.72. The largest absolute Gasteiger partial charge is 0.381 e. The molecule has 1 aromatic heterocycles. The summed E-state index contributed by atoms with van der Waals surface area (Å²) in [5, 5.41) is 4.18. The topological polar surface area (TPSA) is 28.2 Å². The minimum atomic E-state index is 0.469. The number of nitrogens with one attached hydrogen (secondary N) is 1. The van der Waals surface area contributed by atoms with Gasteiger partial charge in [-0.25, -0.2) is 4.98 Å². The van der Waals surface area contributed by atoms with Crippen molar-refractivity contribution in [3.8, 4) is 0 Å². The molecule has 1 N–H and O–H groups in total. The summed E-state index contributed by atoms with van der Waals surface area (Å²) in [5.41, 5.74) is 2.08. The normalized spacial score (nSPS) is 21.7. The summed E-state index contributed by atoms with van der Waals surface area (Å²) in [5.74, 6) is 0.713. The van der Waals surface area contributed by atoms with E-state index in [1.165, 1.54) is 38.9 Å². The Morgan fingerprint density at radius 3 is 3.00 bits per heavy atom. The average molecular weight is 296 g/mol. The number of nitrogens with zero attached hydrogens (tertiary/aromatic N) is 2. The van der Waals surface area contributed by atoms with Crippen LogP contribution in [0.15, 0.2) is 12.1 Å². The number of hydrogen-bond acceptors (Lipinski definition) is 3. The Kier molecular flexibility index (Phi) is 5.67. The van der Waals surface area contributed by atoms with Crippen molar-refractivity contribution in [1.29, 1.82) is 0 Å². The Balaban J connectivity index is 1.95. The summed E-state index contributed by atoms with van der Waals surface area (Å²) in [6.07, 6.45) is 3.87. The molecule has 2 atom stereocenters. The van der Waals surface area contributed by atoms with Crippen molar-refractivity contribution in [2.24, 2.45) is 5.92 Å². The molecule has 0 radical (unpaired) electrons. The Labute approximate surface area is 127 Å². The molecule has 1 aromatic rings. The average Bonchev–Trinajstić information content (AvgIpc) is 2.42. The lowest BCUT2D eigenvalue weighted by molar-refractivity contribution is 0.165. The molecule has 0 aliphatic carbocycles. The highest BCUT2D eigenvalue weighted by Gasteiger charge is 2.24. The van der Waals surface area contributed by atoms with Gasteiger partial charge in [-0.1, -0.05) is 18.5 Å². The van der Waals surface area contributed by atoms with Gasteiger partial charge in [-0.3, -0.25) is 0 Å². The summed E-state index contributed by atoms with van der Waals surface area (Å²) in [7, 11) is 0. The van der Waals surface area contributed by atoms with Crippen LogP contribution in [0.2, 0.25) is 5.15 Å². The van der Waals surface area contributed by atoms with Crippen LogP contribution in [0.4, 0.5) is 5.69 Å². The van der Waals surface area contributed by atoms with Gasteiger partial charge in [-0.05, 0) is 64.3 Å². The first kappa shape index (κ1) is 15.6. The fraction of sp³-hybridized carbons (Fsp3) is 0.688. The first-order chi connectivity index (χ1) is 9.60. The first-order valence-corrected chi connectivity index (χ1v) is 8.10. The van der Waals surface area contributed by atoms with E-state index in [-0.39, 0.29) is 0 Å². The molecule has 0 saturated carbocycles. The zero-order valence-electron chi connectivity index (χ0n) is 12.8. The summed E-state index contributed by atoms with van der Waals surface area (Å²) in [6.45, 7) is 10.2. The third-order valence-electron chi connectivity index (χ3n) is 4.22. The number of piperidine rings is 1. The van der Waals surface area contributed by atoms with E-state index in [2.05, 4.69) is 29.0 Å². The van der Waals surface area contributed by atoms with Gasteiger partial charge >= 0.3 is 0 Å².